The van der Waals surface area contributed by atoms with E-state index in [1.165, 1.54) is 6.26 Å². The monoisotopic (exact) mass is 185 g/mol. The Kier molecular flexibility index (Phi) is 6.70. The van der Waals surface area contributed by atoms with Gasteiger partial charge in [-0.15, -0.1) is 0 Å². The van der Waals surface area contributed by atoms with Crippen molar-refractivity contribution < 1.29 is 14.6 Å². The molecular weight excluding hydrogens is 170 g/mol. The quantitative estimate of drug-likeness (QED) is 0.485. The second-order valence-corrected chi connectivity index (χ2v) is 2.89. The van der Waals surface area contributed by atoms with Crippen LogP contribution >= 0.6 is 0 Å². The molecule has 0 spiro atoms. The third kappa shape index (κ3) is 5.97. The number of carboxylic acid groups (broad SMARTS) is 1. The Morgan fingerprint density at radius 2 is 2.23 bits per heavy atom. The molecule has 1 atom stereocenters. The van der Waals surface area contributed by atoms with Crippen LogP contribution in [0.2, 0.25) is 0 Å². The van der Waals surface area contributed by atoms with Crippen LogP contribution in [-0.4, -0.2) is 17.2 Å². The van der Waals surface area contributed by atoms with Gasteiger partial charge in [0.2, 0.25) is 6.10 Å². The van der Waals surface area contributed by atoms with E-state index in [1.54, 1.807) is 0 Å². The molecular formula is C9H15NO3. The fourth-order valence-corrected chi connectivity index (χ4v) is 1.05. The minimum absolute atomic E-state index is 0.420. The zero-order valence-corrected chi connectivity index (χ0v) is 7.82. The van der Waals surface area contributed by atoms with Crippen molar-refractivity contribution in [2.75, 3.05) is 0 Å². The predicted molar refractivity (Wildman–Crippen MR) is 46.9 cm³/mol. The summed E-state index contributed by atoms with van der Waals surface area (Å²) in [6, 6.07) is 0. The smallest absolute Gasteiger partial charge is 0.346 e. The highest BCUT2D eigenvalue weighted by molar-refractivity contribution is 5.72. The van der Waals surface area contributed by atoms with Gasteiger partial charge in [-0.1, -0.05) is 26.2 Å². The van der Waals surface area contributed by atoms with Crippen molar-refractivity contribution in [1.82, 2.24) is 0 Å². The van der Waals surface area contributed by atoms with Gasteiger partial charge in [-0.2, -0.15) is 5.26 Å². The van der Waals surface area contributed by atoms with Gasteiger partial charge in [-0.25, -0.2) is 4.79 Å². The molecule has 1 N–H and O–H groups in total. The molecule has 4 heteroatoms. The van der Waals surface area contributed by atoms with E-state index in [0.29, 0.717) is 6.42 Å². The molecule has 0 rings (SSSR count). The summed E-state index contributed by atoms with van der Waals surface area (Å²) in [5, 5.41) is 16.7. The van der Waals surface area contributed by atoms with Crippen LogP contribution in [0.15, 0.2) is 0 Å². The van der Waals surface area contributed by atoms with Gasteiger partial charge in [0.1, 0.15) is 0 Å². The maximum absolute atomic E-state index is 10.5. The summed E-state index contributed by atoms with van der Waals surface area (Å²) < 4.78 is 4.39. The molecule has 0 aliphatic carbocycles. The summed E-state index contributed by atoms with van der Waals surface area (Å²) >= 11 is 0. The normalized spacial score (nSPS) is 11.7. The first-order chi connectivity index (χ1) is 6.22. The van der Waals surface area contributed by atoms with E-state index in [1.807, 2.05) is 0 Å². The summed E-state index contributed by atoms with van der Waals surface area (Å²) in [4.78, 5) is 10.5. The molecule has 0 aliphatic rings. The fourth-order valence-electron chi connectivity index (χ4n) is 1.05. The molecule has 0 saturated carbocycles. The number of nitrogens with zero attached hydrogens (tertiary/aromatic N) is 1. The summed E-state index contributed by atoms with van der Waals surface area (Å²) in [6.45, 7) is 2.08. The van der Waals surface area contributed by atoms with Gasteiger partial charge in [0.05, 0.1) is 0 Å². The summed E-state index contributed by atoms with van der Waals surface area (Å²) in [5.74, 6) is -1.06. The number of ether oxygens (including phenoxy) is 1. The van der Waals surface area contributed by atoms with Crippen molar-refractivity contribution in [3.63, 3.8) is 0 Å². The van der Waals surface area contributed by atoms with Gasteiger partial charge in [0.15, 0.2) is 0 Å². The molecule has 0 aromatic rings. The van der Waals surface area contributed by atoms with E-state index in [0.717, 1.165) is 25.7 Å². The number of hydrogen-bond acceptors (Lipinski definition) is 3. The number of aliphatic carboxylic acids is 1. The molecule has 0 saturated heterocycles. The van der Waals surface area contributed by atoms with Crippen LogP contribution in [0.3, 0.4) is 0 Å². The van der Waals surface area contributed by atoms with Crippen LogP contribution in [0.4, 0.5) is 0 Å². The van der Waals surface area contributed by atoms with Crippen molar-refractivity contribution in [3.8, 4) is 6.26 Å². The van der Waals surface area contributed by atoms with E-state index >= 15 is 0 Å². The second kappa shape index (κ2) is 7.41. The standard InChI is InChI=1S/C9H15NO3/c1-2-3-4-5-6-8(9(11)12)13-7-10/h8H,2-6H2,1H3,(H,11,12). The maximum Gasteiger partial charge on any atom is 0.346 e. The Hall–Kier alpha value is -1.24. The average Bonchev–Trinajstić information content (AvgIpc) is 2.10. The number of carbonyl (C=O) groups is 1. The third-order valence-electron chi connectivity index (χ3n) is 1.79. The number of rotatable bonds is 7. The zero-order valence-electron chi connectivity index (χ0n) is 7.82. The number of hydrogen-bond donors (Lipinski definition) is 1. The number of carboxylic acids is 1. The molecule has 0 fully saturated rings. The summed E-state index contributed by atoms with van der Waals surface area (Å²) in [7, 11) is 0. The minimum Gasteiger partial charge on any atom is -0.478 e. The fraction of sp³-hybridized carbons (Fsp3) is 0.778. The largest absolute Gasteiger partial charge is 0.478 e. The molecule has 0 bridgehead atoms. The molecule has 0 amide bonds. The van der Waals surface area contributed by atoms with Crippen molar-refractivity contribution >= 4 is 5.97 Å². The van der Waals surface area contributed by atoms with Crippen LogP contribution in [0.25, 0.3) is 0 Å². The van der Waals surface area contributed by atoms with Crippen LogP contribution in [0, 0.1) is 11.5 Å². The Morgan fingerprint density at radius 1 is 1.54 bits per heavy atom. The van der Waals surface area contributed by atoms with Gasteiger partial charge in [-0.3, -0.25) is 0 Å². The highest BCUT2D eigenvalue weighted by Crippen LogP contribution is 2.08. The molecule has 13 heavy (non-hydrogen) atoms. The van der Waals surface area contributed by atoms with E-state index < -0.39 is 12.1 Å². The molecule has 0 aromatic carbocycles. The topological polar surface area (TPSA) is 70.3 Å². The second-order valence-electron chi connectivity index (χ2n) is 2.89. The summed E-state index contributed by atoms with van der Waals surface area (Å²) in [5.41, 5.74) is 0. The van der Waals surface area contributed by atoms with Crippen LogP contribution in [-0.2, 0) is 9.53 Å². The Balaban J connectivity index is 3.58. The minimum atomic E-state index is -1.06. The third-order valence-corrected chi connectivity index (χ3v) is 1.79. The zero-order chi connectivity index (χ0) is 10.1. The Bertz CT molecular complexity index is 186. The molecule has 0 radical (unpaired) electrons. The Morgan fingerprint density at radius 3 is 2.69 bits per heavy atom. The molecule has 0 aliphatic heterocycles. The van der Waals surface area contributed by atoms with Crippen LogP contribution < -0.4 is 0 Å². The van der Waals surface area contributed by atoms with Gasteiger partial charge in [-0.05, 0) is 12.8 Å². The number of nitriles is 1. The highest BCUT2D eigenvalue weighted by Gasteiger charge is 2.17. The lowest BCUT2D eigenvalue weighted by Crippen LogP contribution is -2.21. The first-order valence-electron chi connectivity index (χ1n) is 4.50. The van der Waals surface area contributed by atoms with E-state index in [2.05, 4.69) is 11.7 Å². The first-order valence-corrected chi connectivity index (χ1v) is 4.50. The van der Waals surface area contributed by atoms with Gasteiger partial charge < -0.3 is 9.84 Å². The van der Waals surface area contributed by atoms with Gasteiger partial charge in [0, 0.05) is 0 Å². The van der Waals surface area contributed by atoms with E-state index in [9.17, 15) is 4.79 Å². The molecule has 1 unspecified atom stereocenters. The van der Waals surface area contributed by atoms with Crippen molar-refractivity contribution in [1.29, 1.82) is 5.26 Å². The van der Waals surface area contributed by atoms with Gasteiger partial charge in [0.25, 0.3) is 6.26 Å². The number of unbranched alkanes of at least 4 members (excludes halogenated alkanes) is 3. The lowest BCUT2D eigenvalue weighted by atomic mass is 10.1. The van der Waals surface area contributed by atoms with Crippen LogP contribution in [0.1, 0.15) is 39.0 Å². The van der Waals surface area contributed by atoms with E-state index in [4.69, 9.17) is 10.4 Å². The molecule has 0 heterocycles. The lowest BCUT2D eigenvalue weighted by molar-refractivity contribution is -0.146. The average molecular weight is 185 g/mol. The SMILES string of the molecule is CCCCCCC(OC#N)C(=O)O. The van der Waals surface area contributed by atoms with Gasteiger partial charge >= 0.3 is 5.97 Å². The van der Waals surface area contributed by atoms with E-state index in [-0.39, 0.29) is 0 Å². The molecule has 74 valence electrons. The first kappa shape index (κ1) is 11.8. The van der Waals surface area contributed by atoms with Crippen molar-refractivity contribution in [3.05, 3.63) is 0 Å². The van der Waals surface area contributed by atoms with Crippen molar-refractivity contribution in [2.24, 2.45) is 0 Å². The lowest BCUT2D eigenvalue weighted by Gasteiger charge is -2.07. The van der Waals surface area contributed by atoms with Crippen molar-refractivity contribution in [2.45, 2.75) is 45.1 Å². The molecule has 0 aromatic heterocycles. The van der Waals surface area contributed by atoms with Crippen LogP contribution in [0.5, 0.6) is 0 Å². The Labute approximate surface area is 78.1 Å². The maximum atomic E-state index is 10.5. The highest BCUT2D eigenvalue weighted by atomic mass is 16.5. The molecule has 4 nitrogen and oxygen atoms in total. The summed E-state index contributed by atoms with van der Waals surface area (Å²) in [6.07, 6.45) is 4.87. The predicted octanol–water partition coefficient (Wildman–Crippen LogP) is 1.91.